The molecule has 1 aromatic heterocycles. The topological polar surface area (TPSA) is 55.1 Å². The van der Waals surface area contributed by atoms with E-state index in [1.54, 1.807) is 11.3 Å². The van der Waals surface area contributed by atoms with Crippen LogP contribution in [0.1, 0.15) is 30.6 Å². The third-order valence-electron chi connectivity index (χ3n) is 3.25. The number of carbonyl (C=O) groups excluding carboxylic acids is 1. The highest BCUT2D eigenvalue weighted by atomic mass is 32.1. The van der Waals surface area contributed by atoms with Crippen LogP contribution in [0.15, 0.2) is 17.5 Å². The van der Waals surface area contributed by atoms with Gasteiger partial charge in [-0.05, 0) is 24.3 Å². The van der Waals surface area contributed by atoms with Gasteiger partial charge in [-0.25, -0.2) is 0 Å². The summed E-state index contributed by atoms with van der Waals surface area (Å²) in [6.07, 6.45) is 4.34. The summed E-state index contributed by atoms with van der Waals surface area (Å²) in [5.41, 5.74) is 5.43. The molecule has 1 aliphatic rings. The molecule has 0 radical (unpaired) electrons. The molecule has 0 spiro atoms. The molecule has 1 fully saturated rings. The monoisotopic (exact) mass is 238 g/mol. The predicted molar refractivity (Wildman–Crippen MR) is 66.1 cm³/mol. The first-order valence-corrected chi connectivity index (χ1v) is 6.70. The summed E-state index contributed by atoms with van der Waals surface area (Å²) in [5.74, 6) is -0.128. The molecule has 3 N–H and O–H groups in total. The Bertz CT molecular complexity index is 337. The number of primary amides is 1. The summed E-state index contributed by atoms with van der Waals surface area (Å²) in [6.45, 7) is 0.853. The van der Waals surface area contributed by atoms with Crippen molar-refractivity contribution in [3.63, 3.8) is 0 Å². The van der Waals surface area contributed by atoms with Crippen molar-refractivity contribution < 1.29 is 4.79 Å². The lowest BCUT2D eigenvalue weighted by Crippen LogP contribution is -2.44. The zero-order valence-corrected chi connectivity index (χ0v) is 10.1. The summed E-state index contributed by atoms with van der Waals surface area (Å²) < 4.78 is 0. The second-order valence-corrected chi connectivity index (χ2v) is 5.39. The number of hydrogen-bond acceptors (Lipinski definition) is 3. The minimum atomic E-state index is -0.150. The molecule has 3 nitrogen and oxygen atoms in total. The summed E-state index contributed by atoms with van der Waals surface area (Å²) in [4.78, 5) is 12.6. The molecule has 16 heavy (non-hydrogen) atoms. The largest absolute Gasteiger partial charge is 0.369 e. The van der Waals surface area contributed by atoms with Crippen molar-refractivity contribution in [1.29, 1.82) is 0 Å². The maximum absolute atomic E-state index is 11.3. The Balaban J connectivity index is 1.89. The molecule has 2 unspecified atom stereocenters. The molecule has 88 valence electrons. The van der Waals surface area contributed by atoms with E-state index < -0.39 is 0 Å². The van der Waals surface area contributed by atoms with Crippen LogP contribution in [0.2, 0.25) is 0 Å². The van der Waals surface area contributed by atoms with Crippen LogP contribution in [0, 0.1) is 5.92 Å². The molecule has 1 aromatic rings. The van der Waals surface area contributed by atoms with Crippen molar-refractivity contribution in [3.8, 4) is 0 Å². The van der Waals surface area contributed by atoms with Gasteiger partial charge in [0.05, 0.1) is 5.92 Å². The van der Waals surface area contributed by atoms with Crippen LogP contribution in [0.3, 0.4) is 0 Å². The van der Waals surface area contributed by atoms with E-state index in [0.29, 0.717) is 0 Å². The van der Waals surface area contributed by atoms with Crippen molar-refractivity contribution in [2.24, 2.45) is 11.7 Å². The lowest BCUT2D eigenvalue weighted by Gasteiger charge is -2.30. The zero-order valence-electron chi connectivity index (χ0n) is 9.32. The van der Waals surface area contributed by atoms with Crippen LogP contribution in [-0.4, -0.2) is 11.9 Å². The second-order valence-electron chi connectivity index (χ2n) is 4.36. The summed E-state index contributed by atoms with van der Waals surface area (Å²) in [5, 5.41) is 5.54. The lowest BCUT2D eigenvalue weighted by molar-refractivity contribution is -0.123. The Morgan fingerprint density at radius 3 is 3.00 bits per heavy atom. The van der Waals surface area contributed by atoms with Gasteiger partial charge < -0.3 is 11.1 Å². The van der Waals surface area contributed by atoms with E-state index in [4.69, 9.17) is 5.73 Å². The molecule has 1 saturated carbocycles. The fraction of sp³-hybridized carbons (Fsp3) is 0.583. The fourth-order valence-corrected chi connectivity index (χ4v) is 3.02. The maximum atomic E-state index is 11.3. The third kappa shape index (κ3) is 2.83. The second kappa shape index (κ2) is 5.46. The van der Waals surface area contributed by atoms with Gasteiger partial charge in [-0.1, -0.05) is 18.9 Å². The number of nitrogens with two attached hydrogens (primary N) is 1. The van der Waals surface area contributed by atoms with E-state index in [2.05, 4.69) is 16.8 Å². The molecular weight excluding hydrogens is 220 g/mol. The highest BCUT2D eigenvalue weighted by Crippen LogP contribution is 2.24. The van der Waals surface area contributed by atoms with Crippen molar-refractivity contribution in [1.82, 2.24) is 5.32 Å². The molecule has 0 aliphatic heterocycles. The van der Waals surface area contributed by atoms with Gasteiger partial charge in [-0.3, -0.25) is 4.79 Å². The van der Waals surface area contributed by atoms with E-state index in [-0.39, 0.29) is 17.9 Å². The van der Waals surface area contributed by atoms with E-state index in [1.807, 2.05) is 6.07 Å². The Morgan fingerprint density at radius 2 is 2.31 bits per heavy atom. The van der Waals surface area contributed by atoms with Gasteiger partial charge in [0.1, 0.15) is 0 Å². The van der Waals surface area contributed by atoms with Gasteiger partial charge in [0.2, 0.25) is 5.91 Å². The van der Waals surface area contributed by atoms with Crippen LogP contribution < -0.4 is 11.1 Å². The SMILES string of the molecule is NC(=O)C1CCCCC1NCc1cccs1. The highest BCUT2D eigenvalue weighted by molar-refractivity contribution is 7.09. The van der Waals surface area contributed by atoms with E-state index in [9.17, 15) is 4.79 Å². The first-order valence-electron chi connectivity index (χ1n) is 5.82. The molecule has 1 amide bonds. The van der Waals surface area contributed by atoms with E-state index in [0.717, 1.165) is 25.8 Å². The smallest absolute Gasteiger partial charge is 0.222 e. The number of thiophene rings is 1. The van der Waals surface area contributed by atoms with Gasteiger partial charge in [-0.15, -0.1) is 11.3 Å². The molecule has 0 bridgehead atoms. The number of rotatable bonds is 4. The van der Waals surface area contributed by atoms with Crippen molar-refractivity contribution in [2.75, 3.05) is 0 Å². The van der Waals surface area contributed by atoms with E-state index >= 15 is 0 Å². The number of carbonyl (C=O) groups is 1. The number of hydrogen-bond donors (Lipinski definition) is 2. The van der Waals surface area contributed by atoms with Gasteiger partial charge in [0.25, 0.3) is 0 Å². The Labute approximate surface area is 100 Å². The molecule has 1 aliphatic carbocycles. The average Bonchev–Trinajstić information content (AvgIpc) is 2.79. The molecular formula is C12H18N2OS. The first kappa shape index (κ1) is 11.6. The quantitative estimate of drug-likeness (QED) is 0.841. The van der Waals surface area contributed by atoms with Gasteiger partial charge >= 0.3 is 0 Å². The molecule has 4 heteroatoms. The zero-order chi connectivity index (χ0) is 11.4. The van der Waals surface area contributed by atoms with Crippen molar-refractivity contribution in [2.45, 2.75) is 38.3 Å². The van der Waals surface area contributed by atoms with Gasteiger partial charge in [0.15, 0.2) is 0 Å². The van der Waals surface area contributed by atoms with Crippen LogP contribution >= 0.6 is 11.3 Å². The summed E-state index contributed by atoms with van der Waals surface area (Å²) in [7, 11) is 0. The molecule has 0 saturated heterocycles. The van der Waals surface area contributed by atoms with Gasteiger partial charge in [-0.2, -0.15) is 0 Å². The Hall–Kier alpha value is -0.870. The predicted octanol–water partition coefficient (Wildman–Crippen LogP) is 1.88. The maximum Gasteiger partial charge on any atom is 0.222 e. The van der Waals surface area contributed by atoms with Crippen molar-refractivity contribution >= 4 is 17.2 Å². The van der Waals surface area contributed by atoms with Crippen LogP contribution in [0.5, 0.6) is 0 Å². The summed E-state index contributed by atoms with van der Waals surface area (Å²) in [6, 6.07) is 4.43. The van der Waals surface area contributed by atoms with Gasteiger partial charge in [0, 0.05) is 17.5 Å². The molecule has 2 atom stereocenters. The highest BCUT2D eigenvalue weighted by Gasteiger charge is 2.28. The average molecular weight is 238 g/mol. The normalized spacial score (nSPS) is 25.5. The van der Waals surface area contributed by atoms with Crippen molar-refractivity contribution in [3.05, 3.63) is 22.4 Å². The number of amides is 1. The Kier molecular flexibility index (Phi) is 3.96. The van der Waals surface area contributed by atoms with Crippen LogP contribution in [0.25, 0.3) is 0 Å². The minimum absolute atomic E-state index is 0.0220. The summed E-state index contributed by atoms with van der Waals surface area (Å²) >= 11 is 1.74. The first-order chi connectivity index (χ1) is 7.77. The minimum Gasteiger partial charge on any atom is -0.369 e. The number of nitrogens with one attached hydrogen (secondary N) is 1. The van der Waals surface area contributed by atoms with Crippen LogP contribution in [0.4, 0.5) is 0 Å². The lowest BCUT2D eigenvalue weighted by atomic mass is 9.84. The standard InChI is InChI=1S/C12H18N2OS/c13-12(15)10-5-1-2-6-11(10)14-8-9-4-3-7-16-9/h3-4,7,10-11,14H,1-2,5-6,8H2,(H2,13,15). The fourth-order valence-electron chi connectivity index (χ4n) is 2.36. The van der Waals surface area contributed by atoms with Crippen LogP contribution in [-0.2, 0) is 11.3 Å². The molecule has 2 rings (SSSR count). The van der Waals surface area contributed by atoms with E-state index in [1.165, 1.54) is 11.3 Å². The third-order valence-corrected chi connectivity index (χ3v) is 4.13. The molecule has 0 aromatic carbocycles. The molecule has 1 heterocycles. The Morgan fingerprint density at radius 1 is 1.50 bits per heavy atom.